The van der Waals surface area contributed by atoms with Crippen LogP contribution in [0.15, 0.2) is 42.5 Å². The number of benzene rings is 2. The third kappa shape index (κ3) is 1.51. The first-order chi connectivity index (χ1) is 9.70. The van der Waals surface area contributed by atoms with Gasteiger partial charge >= 0.3 is 0 Å². The van der Waals surface area contributed by atoms with Crippen LogP contribution in [0.2, 0.25) is 0 Å². The van der Waals surface area contributed by atoms with Crippen molar-refractivity contribution in [3.63, 3.8) is 0 Å². The van der Waals surface area contributed by atoms with Crippen LogP contribution in [0.1, 0.15) is 34.7 Å². The van der Waals surface area contributed by atoms with E-state index < -0.39 is 5.60 Å². The number of fused-ring (bicyclic) bond motifs is 2. The summed E-state index contributed by atoms with van der Waals surface area (Å²) >= 11 is 0. The maximum Gasteiger partial charge on any atom is 0.126 e. The molecule has 4 rings (SSSR count). The van der Waals surface area contributed by atoms with Gasteiger partial charge in [-0.1, -0.05) is 36.4 Å². The normalized spacial score (nSPS) is 27.4. The lowest BCUT2D eigenvalue weighted by atomic mass is 9.84. The summed E-state index contributed by atoms with van der Waals surface area (Å²) in [6, 6.07) is 13.0. The Morgan fingerprint density at radius 2 is 2.00 bits per heavy atom. The van der Waals surface area contributed by atoms with E-state index in [0.29, 0.717) is 18.4 Å². The Morgan fingerprint density at radius 1 is 1.15 bits per heavy atom. The van der Waals surface area contributed by atoms with Crippen LogP contribution in [0.25, 0.3) is 0 Å². The Balaban J connectivity index is 1.84. The zero-order chi connectivity index (χ0) is 13.7. The third-order valence-electron chi connectivity index (χ3n) is 4.68. The molecule has 20 heavy (non-hydrogen) atoms. The van der Waals surface area contributed by atoms with Crippen molar-refractivity contribution in [3.05, 3.63) is 70.5 Å². The minimum atomic E-state index is -1.01. The van der Waals surface area contributed by atoms with Crippen LogP contribution in [0.5, 0.6) is 0 Å². The topological polar surface area (TPSA) is 32.3 Å². The molecule has 2 unspecified atom stereocenters. The van der Waals surface area contributed by atoms with E-state index >= 15 is 0 Å². The van der Waals surface area contributed by atoms with E-state index in [1.165, 1.54) is 11.6 Å². The summed E-state index contributed by atoms with van der Waals surface area (Å²) in [5.74, 6) is -0.204. The Morgan fingerprint density at radius 3 is 2.90 bits per heavy atom. The molecule has 0 saturated heterocycles. The van der Waals surface area contributed by atoms with Crippen molar-refractivity contribution >= 4 is 0 Å². The number of hydrogen-bond donors (Lipinski definition) is 2. The molecule has 0 saturated carbocycles. The highest BCUT2D eigenvalue weighted by Gasteiger charge is 2.47. The lowest BCUT2D eigenvalue weighted by Gasteiger charge is -2.32. The quantitative estimate of drug-likeness (QED) is 0.834. The van der Waals surface area contributed by atoms with Gasteiger partial charge in [0.05, 0.1) is 6.04 Å². The molecule has 2 nitrogen and oxygen atoms in total. The summed E-state index contributed by atoms with van der Waals surface area (Å²) in [6.45, 7) is 0.758. The molecule has 2 atom stereocenters. The van der Waals surface area contributed by atoms with E-state index in [4.69, 9.17) is 0 Å². The van der Waals surface area contributed by atoms with E-state index in [2.05, 4.69) is 17.4 Å². The van der Waals surface area contributed by atoms with Crippen LogP contribution in [0, 0.1) is 5.82 Å². The van der Waals surface area contributed by atoms with Crippen molar-refractivity contribution in [2.75, 3.05) is 0 Å². The van der Waals surface area contributed by atoms with Gasteiger partial charge in [-0.3, -0.25) is 0 Å². The van der Waals surface area contributed by atoms with Gasteiger partial charge in [0.1, 0.15) is 11.4 Å². The highest BCUT2D eigenvalue weighted by atomic mass is 19.1. The zero-order valence-electron chi connectivity index (χ0n) is 11.1. The van der Waals surface area contributed by atoms with E-state index in [1.54, 1.807) is 6.07 Å². The predicted octanol–water partition coefficient (Wildman–Crippen LogP) is 2.80. The highest BCUT2D eigenvalue weighted by Crippen LogP contribution is 2.48. The predicted molar refractivity (Wildman–Crippen MR) is 74.6 cm³/mol. The molecule has 0 bridgehead atoms. The molecule has 2 aromatic carbocycles. The van der Waals surface area contributed by atoms with Crippen molar-refractivity contribution in [3.8, 4) is 0 Å². The summed E-state index contributed by atoms with van der Waals surface area (Å²) in [7, 11) is 0. The van der Waals surface area contributed by atoms with Crippen LogP contribution in [0.4, 0.5) is 4.39 Å². The fourth-order valence-electron chi connectivity index (χ4n) is 3.69. The third-order valence-corrected chi connectivity index (χ3v) is 4.68. The van der Waals surface area contributed by atoms with Crippen molar-refractivity contribution in [1.29, 1.82) is 0 Å². The van der Waals surface area contributed by atoms with Gasteiger partial charge in [0.2, 0.25) is 0 Å². The van der Waals surface area contributed by atoms with Gasteiger partial charge < -0.3 is 10.4 Å². The molecule has 0 aromatic heterocycles. The van der Waals surface area contributed by atoms with E-state index in [1.807, 2.05) is 18.2 Å². The number of aliphatic hydroxyl groups is 1. The zero-order valence-corrected chi connectivity index (χ0v) is 11.1. The maximum absolute atomic E-state index is 13.9. The number of nitrogens with one attached hydrogen (secondary N) is 1. The van der Waals surface area contributed by atoms with Crippen LogP contribution in [-0.4, -0.2) is 5.11 Å². The van der Waals surface area contributed by atoms with E-state index in [0.717, 1.165) is 17.7 Å². The largest absolute Gasteiger partial charge is 0.383 e. The molecule has 102 valence electrons. The minimum absolute atomic E-state index is 0.151. The van der Waals surface area contributed by atoms with E-state index in [-0.39, 0.29) is 11.9 Å². The first-order valence-corrected chi connectivity index (χ1v) is 7.01. The van der Waals surface area contributed by atoms with E-state index in [9.17, 15) is 9.50 Å². The number of rotatable bonds is 1. The Bertz CT molecular complexity index is 684. The molecule has 1 heterocycles. The Hall–Kier alpha value is -1.71. The van der Waals surface area contributed by atoms with Crippen LogP contribution < -0.4 is 5.32 Å². The van der Waals surface area contributed by atoms with Gasteiger partial charge in [0.15, 0.2) is 0 Å². The molecule has 2 aromatic rings. The highest BCUT2D eigenvalue weighted by molar-refractivity contribution is 5.44. The first kappa shape index (κ1) is 12.1. The smallest absolute Gasteiger partial charge is 0.126 e. The van der Waals surface area contributed by atoms with Crippen LogP contribution >= 0.6 is 0 Å². The molecule has 0 amide bonds. The SMILES string of the molecule is OC1(C2NCc3ccccc32)CCc2c(F)cccc21. The number of halogens is 1. The van der Waals surface area contributed by atoms with Gasteiger partial charge in [-0.05, 0) is 41.2 Å². The molecule has 0 fully saturated rings. The average Bonchev–Trinajstić information content (AvgIpc) is 3.03. The van der Waals surface area contributed by atoms with Gasteiger partial charge in [0.25, 0.3) is 0 Å². The molecular weight excluding hydrogens is 253 g/mol. The summed E-state index contributed by atoms with van der Waals surface area (Å²) in [5, 5.41) is 14.6. The van der Waals surface area contributed by atoms with Gasteiger partial charge in [-0.25, -0.2) is 4.39 Å². The first-order valence-electron chi connectivity index (χ1n) is 7.01. The average molecular weight is 269 g/mol. The standard InChI is InChI=1S/C17H16FNO/c18-15-7-3-6-14-13(15)8-9-17(14,20)16-12-5-2-1-4-11(12)10-19-16/h1-7,16,19-20H,8-10H2. The lowest BCUT2D eigenvalue weighted by Crippen LogP contribution is -2.36. The monoisotopic (exact) mass is 269 g/mol. The molecule has 3 heteroatoms. The van der Waals surface area contributed by atoms with Crippen LogP contribution in [-0.2, 0) is 18.6 Å². The Labute approximate surface area is 117 Å². The molecule has 0 spiro atoms. The summed E-state index contributed by atoms with van der Waals surface area (Å²) in [5.41, 5.74) is 2.75. The molecule has 1 aliphatic heterocycles. The van der Waals surface area contributed by atoms with Gasteiger partial charge in [-0.2, -0.15) is 0 Å². The minimum Gasteiger partial charge on any atom is -0.383 e. The van der Waals surface area contributed by atoms with Crippen LogP contribution in [0.3, 0.4) is 0 Å². The summed E-state index contributed by atoms with van der Waals surface area (Å²) in [6.07, 6.45) is 1.16. The fourth-order valence-corrected chi connectivity index (χ4v) is 3.69. The maximum atomic E-state index is 13.9. The summed E-state index contributed by atoms with van der Waals surface area (Å²) in [4.78, 5) is 0. The van der Waals surface area contributed by atoms with Crippen molar-refractivity contribution in [2.45, 2.75) is 31.0 Å². The van der Waals surface area contributed by atoms with Gasteiger partial charge in [0, 0.05) is 6.54 Å². The molecular formula is C17H16FNO. The fraction of sp³-hybridized carbons (Fsp3) is 0.294. The molecule has 0 radical (unpaired) electrons. The molecule has 2 N–H and O–H groups in total. The second-order valence-corrected chi connectivity index (χ2v) is 5.70. The Kier molecular flexibility index (Phi) is 2.50. The van der Waals surface area contributed by atoms with Crippen molar-refractivity contribution in [1.82, 2.24) is 5.32 Å². The van der Waals surface area contributed by atoms with Crippen molar-refractivity contribution in [2.24, 2.45) is 0 Å². The molecule has 1 aliphatic carbocycles. The molecule has 2 aliphatic rings. The summed E-state index contributed by atoms with van der Waals surface area (Å²) < 4.78 is 13.9. The lowest BCUT2D eigenvalue weighted by molar-refractivity contribution is 0.000505. The second-order valence-electron chi connectivity index (χ2n) is 5.70. The van der Waals surface area contributed by atoms with Gasteiger partial charge in [-0.15, -0.1) is 0 Å². The second kappa shape index (κ2) is 4.14. The van der Waals surface area contributed by atoms with Crippen molar-refractivity contribution < 1.29 is 9.50 Å². The number of hydrogen-bond acceptors (Lipinski definition) is 2.